The lowest BCUT2D eigenvalue weighted by Gasteiger charge is -2.52. The zero-order valence-corrected chi connectivity index (χ0v) is 10.2. The van der Waals surface area contributed by atoms with E-state index in [9.17, 15) is 4.79 Å². The van der Waals surface area contributed by atoms with Crippen molar-refractivity contribution in [2.75, 3.05) is 25.5 Å². The van der Waals surface area contributed by atoms with E-state index in [2.05, 4.69) is 10.2 Å². The van der Waals surface area contributed by atoms with Crippen LogP contribution in [0.25, 0.3) is 0 Å². The van der Waals surface area contributed by atoms with Crippen LogP contribution in [-0.4, -0.2) is 42.4 Å². The number of hydrogen-bond acceptors (Lipinski definition) is 2. The second-order valence-corrected chi connectivity index (χ2v) is 5.75. The minimum atomic E-state index is 0.273. The molecule has 16 heavy (non-hydrogen) atoms. The summed E-state index contributed by atoms with van der Waals surface area (Å²) in [5.74, 6) is 3.02. The van der Waals surface area contributed by atoms with Gasteiger partial charge in [0, 0.05) is 31.4 Å². The van der Waals surface area contributed by atoms with E-state index in [1.165, 1.54) is 19.4 Å². The van der Waals surface area contributed by atoms with Crippen molar-refractivity contribution in [3.63, 3.8) is 0 Å². The number of amides is 1. The summed E-state index contributed by atoms with van der Waals surface area (Å²) in [4.78, 5) is 14.1. The summed E-state index contributed by atoms with van der Waals surface area (Å²) in [7, 11) is 0. The standard InChI is InChI=1S/C12H19ClN2O/c13-4-3-12(16)15-7-8-1-2-11(15)10-6-14-5-9(8)10/h8-11,14H,1-7H2. The Balaban J connectivity index is 1.77. The fourth-order valence-electron chi connectivity index (χ4n) is 3.98. The normalized spacial score (nSPS) is 41.2. The first-order valence-electron chi connectivity index (χ1n) is 6.37. The molecule has 3 aliphatic heterocycles. The van der Waals surface area contributed by atoms with Gasteiger partial charge in [0.15, 0.2) is 0 Å². The Labute approximate surface area is 102 Å². The Hall–Kier alpha value is -0.280. The Morgan fingerprint density at radius 1 is 1.31 bits per heavy atom. The van der Waals surface area contributed by atoms with Crippen molar-refractivity contribution in [2.24, 2.45) is 17.8 Å². The van der Waals surface area contributed by atoms with Crippen LogP contribution in [-0.2, 0) is 4.79 Å². The summed E-state index contributed by atoms with van der Waals surface area (Å²) in [6.07, 6.45) is 3.04. The van der Waals surface area contributed by atoms with E-state index < -0.39 is 0 Å². The van der Waals surface area contributed by atoms with Crippen molar-refractivity contribution in [3.8, 4) is 0 Å². The lowest BCUT2D eigenvalue weighted by atomic mass is 9.66. The van der Waals surface area contributed by atoms with Gasteiger partial charge in [-0.3, -0.25) is 4.79 Å². The maximum absolute atomic E-state index is 12.0. The summed E-state index contributed by atoms with van der Waals surface area (Å²) in [6.45, 7) is 3.27. The van der Waals surface area contributed by atoms with Crippen molar-refractivity contribution < 1.29 is 4.79 Å². The highest BCUT2D eigenvalue weighted by molar-refractivity contribution is 6.18. The van der Waals surface area contributed by atoms with E-state index in [1.54, 1.807) is 0 Å². The molecule has 3 nitrogen and oxygen atoms in total. The number of alkyl halides is 1. The van der Waals surface area contributed by atoms with Gasteiger partial charge in [-0.15, -0.1) is 11.6 Å². The van der Waals surface area contributed by atoms with Crippen LogP contribution in [0.4, 0.5) is 0 Å². The van der Waals surface area contributed by atoms with Gasteiger partial charge >= 0.3 is 0 Å². The molecule has 4 heteroatoms. The summed E-state index contributed by atoms with van der Waals surface area (Å²) in [6, 6.07) is 0.501. The molecule has 4 fully saturated rings. The number of nitrogens with zero attached hydrogens (tertiary/aromatic N) is 1. The highest BCUT2D eigenvalue weighted by Crippen LogP contribution is 2.45. The third-order valence-corrected chi connectivity index (χ3v) is 4.89. The van der Waals surface area contributed by atoms with E-state index in [-0.39, 0.29) is 5.91 Å². The van der Waals surface area contributed by atoms with Crippen molar-refractivity contribution >= 4 is 17.5 Å². The molecule has 0 aromatic rings. The number of fused-ring (bicyclic) bond motifs is 2. The van der Waals surface area contributed by atoms with Gasteiger partial charge in [0.25, 0.3) is 0 Å². The smallest absolute Gasteiger partial charge is 0.224 e. The molecule has 4 atom stereocenters. The topological polar surface area (TPSA) is 32.3 Å². The monoisotopic (exact) mass is 242 g/mol. The first-order chi connectivity index (χ1) is 7.81. The molecular formula is C12H19ClN2O. The molecule has 0 radical (unpaired) electrons. The Morgan fingerprint density at radius 3 is 2.94 bits per heavy atom. The average Bonchev–Trinajstić information content (AvgIpc) is 2.80. The fourth-order valence-corrected chi connectivity index (χ4v) is 4.14. The van der Waals surface area contributed by atoms with Crippen LogP contribution in [0.5, 0.6) is 0 Å². The lowest BCUT2D eigenvalue weighted by Crippen LogP contribution is -2.59. The van der Waals surface area contributed by atoms with Crippen LogP contribution in [0.1, 0.15) is 19.3 Å². The van der Waals surface area contributed by atoms with Gasteiger partial charge in [0.05, 0.1) is 0 Å². The molecule has 0 aromatic carbocycles. The Kier molecular flexibility index (Phi) is 2.84. The predicted octanol–water partition coefficient (Wildman–Crippen LogP) is 1.07. The van der Waals surface area contributed by atoms with E-state index in [4.69, 9.17) is 11.6 Å². The summed E-state index contributed by atoms with van der Waals surface area (Å²) >= 11 is 5.67. The number of carbonyl (C=O) groups is 1. The molecule has 90 valence electrons. The van der Waals surface area contributed by atoms with E-state index in [0.29, 0.717) is 24.3 Å². The number of nitrogens with one attached hydrogen (secondary N) is 1. The molecule has 1 saturated carbocycles. The average molecular weight is 243 g/mol. The van der Waals surface area contributed by atoms with Crippen LogP contribution >= 0.6 is 11.6 Å². The SMILES string of the molecule is O=C(CCCl)N1CC2CCC1C1CNCC21. The van der Waals surface area contributed by atoms with Gasteiger partial charge < -0.3 is 10.2 Å². The highest BCUT2D eigenvalue weighted by atomic mass is 35.5. The molecule has 1 amide bonds. The molecule has 0 aromatic heterocycles. The second-order valence-electron chi connectivity index (χ2n) is 5.38. The second kappa shape index (κ2) is 4.19. The Morgan fingerprint density at radius 2 is 2.12 bits per heavy atom. The van der Waals surface area contributed by atoms with Crippen LogP contribution in [0.3, 0.4) is 0 Å². The summed E-state index contributed by atoms with van der Waals surface area (Å²) in [5, 5.41) is 3.49. The third-order valence-electron chi connectivity index (χ3n) is 4.70. The first kappa shape index (κ1) is 10.8. The van der Waals surface area contributed by atoms with Gasteiger partial charge in [-0.2, -0.15) is 0 Å². The van der Waals surface area contributed by atoms with Crippen molar-refractivity contribution in [1.82, 2.24) is 10.2 Å². The van der Waals surface area contributed by atoms with E-state index >= 15 is 0 Å². The molecule has 0 spiro atoms. The molecule has 2 bridgehead atoms. The van der Waals surface area contributed by atoms with Crippen molar-refractivity contribution in [1.29, 1.82) is 0 Å². The maximum atomic E-state index is 12.0. The lowest BCUT2D eigenvalue weighted by molar-refractivity contribution is -0.143. The van der Waals surface area contributed by atoms with Gasteiger partial charge in [-0.1, -0.05) is 0 Å². The van der Waals surface area contributed by atoms with Crippen LogP contribution in [0.15, 0.2) is 0 Å². The summed E-state index contributed by atoms with van der Waals surface area (Å²) in [5.41, 5.74) is 0. The third kappa shape index (κ3) is 1.56. The van der Waals surface area contributed by atoms with E-state index in [0.717, 1.165) is 24.9 Å². The largest absolute Gasteiger partial charge is 0.339 e. The zero-order chi connectivity index (χ0) is 11.1. The van der Waals surface area contributed by atoms with Gasteiger partial charge in [-0.25, -0.2) is 0 Å². The van der Waals surface area contributed by atoms with Crippen LogP contribution in [0, 0.1) is 17.8 Å². The predicted molar refractivity (Wildman–Crippen MR) is 63.4 cm³/mol. The van der Waals surface area contributed by atoms with Gasteiger partial charge in [0.1, 0.15) is 0 Å². The molecule has 3 saturated heterocycles. The van der Waals surface area contributed by atoms with Gasteiger partial charge in [-0.05, 0) is 37.1 Å². The number of piperidine rings is 2. The maximum Gasteiger partial charge on any atom is 0.224 e. The van der Waals surface area contributed by atoms with Crippen LogP contribution < -0.4 is 5.32 Å². The molecule has 1 N–H and O–H groups in total. The molecule has 3 heterocycles. The number of rotatable bonds is 2. The van der Waals surface area contributed by atoms with Crippen molar-refractivity contribution in [3.05, 3.63) is 0 Å². The van der Waals surface area contributed by atoms with Crippen molar-refractivity contribution in [2.45, 2.75) is 25.3 Å². The quantitative estimate of drug-likeness (QED) is 0.735. The first-order valence-corrected chi connectivity index (χ1v) is 6.91. The number of hydrogen-bond donors (Lipinski definition) is 1. The summed E-state index contributed by atoms with van der Waals surface area (Å²) < 4.78 is 0. The minimum Gasteiger partial charge on any atom is -0.339 e. The number of halogens is 1. The Bertz CT molecular complexity index is 297. The molecule has 4 unspecified atom stereocenters. The molecular weight excluding hydrogens is 224 g/mol. The van der Waals surface area contributed by atoms with Crippen LogP contribution in [0.2, 0.25) is 0 Å². The molecule has 4 aliphatic rings. The fraction of sp³-hybridized carbons (Fsp3) is 0.917. The zero-order valence-electron chi connectivity index (χ0n) is 9.49. The minimum absolute atomic E-state index is 0.273. The molecule has 4 rings (SSSR count). The highest BCUT2D eigenvalue weighted by Gasteiger charge is 2.50. The van der Waals surface area contributed by atoms with E-state index in [1.807, 2.05) is 0 Å². The number of carbonyl (C=O) groups excluding carboxylic acids is 1. The molecule has 1 aliphatic carbocycles. The van der Waals surface area contributed by atoms with Gasteiger partial charge in [0.2, 0.25) is 5.91 Å².